The number of aryl methyl sites for hydroxylation is 1. The van der Waals surface area contributed by atoms with E-state index in [2.05, 4.69) is 52.1 Å². The number of hydrogen-bond acceptors (Lipinski definition) is 4. The van der Waals surface area contributed by atoms with Gasteiger partial charge in [0.1, 0.15) is 0 Å². The van der Waals surface area contributed by atoms with Crippen molar-refractivity contribution in [2.45, 2.75) is 45.0 Å². The molecule has 28 heavy (non-hydrogen) atoms. The van der Waals surface area contributed by atoms with Gasteiger partial charge in [0.25, 0.3) is 0 Å². The first-order valence-corrected chi connectivity index (χ1v) is 13.2. The van der Waals surface area contributed by atoms with Crippen LogP contribution in [-0.2, 0) is 21.7 Å². The summed E-state index contributed by atoms with van der Waals surface area (Å²) < 4.78 is 8.74. The van der Waals surface area contributed by atoms with Gasteiger partial charge in [0.2, 0.25) is 5.91 Å². The Morgan fingerprint density at radius 1 is 1.36 bits per heavy atom. The van der Waals surface area contributed by atoms with Crippen LogP contribution in [0.4, 0.5) is 0 Å². The third kappa shape index (κ3) is 4.72. The summed E-state index contributed by atoms with van der Waals surface area (Å²) in [5.41, 5.74) is 2.37. The van der Waals surface area contributed by atoms with Gasteiger partial charge >= 0.3 is 0 Å². The van der Waals surface area contributed by atoms with Gasteiger partial charge in [-0.2, -0.15) is 10.4 Å². The van der Waals surface area contributed by atoms with Crippen LogP contribution in [0.1, 0.15) is 31.2 Å². The van der Waals surface area contributed by atoms with Crippen LogP contribution in [0.2, 0.25) is 19.6 Å². The molecule has 0 aliphatic heterocycles. The molecule has 2 aromatic rings. The van der Waals surface area contributed by atoms with Gasteiger partial charge in [-0.05, 0) is 51.7 Å². The Kier molecular flexibility index (Phi) is 6.54. The fraction of sp³-hybridized carbons (Fsp3) is 0.450. The number of carbonyl (C=O) groups excluding carboxylic acids is 1. The predicted molar refractivity (Wildman–Crippen MR) is 116 cm³/mol. The Hall–Kier alpha value is -1.95. The Balaban J connectivity index is 2.61. The minimum absolute atomic E-state index is 0.106. The number of nitrogens with one attached hydrogen (secondary N) is 1. The number of halogens is 1. The molecule has 1 atom stereocenters. The summed E-state index contributed by atoms with van der Waals surface area (Å²) in [4.78, 5) is 12.3. The molecule has 1 amide bonds. The van der Waals surface area contributed by atoms with Gasteiger partial charge in [-0.3, -0.25) is 9.48 Å². The predicted octanol–water partition coefficient (Wildman–Crippen LogP) is 4.29. The fourth-order valence-corrected chi connectivity index (χ4v) is 4.22. The normalized spacial score (nSPS) is 13.1. The quantitative estimate of drug-likeness (QED) is 0.649. The van der Waals surface area contributed by atoms with Crippen LogP contribution in [0.25, 0.3) is 11.3 Å². The lowest BCUT2D eigenvalue weighted by molar-refractivity contribution is -0.125. The number of benzene rings is 1. The van der Waals surface area contributed by atoms with E-state index >= 15 is 0 Å². The minimum atomic E-state index is -1.94. The van der Waals surface area contributed by atoms with Crippen LogP contribution in [0, 0.1) is 11.3 Å². The largest absolute Gasteiger partial charge is 0.399 e. The van der Waals surface area contributed by atoms with E-state index in [1.807, 2.05) is 45.2 Å². The first-order valence-electron chi connectivity index (χ1n) is 9.04. The SMILES string of the molecule is CNC(=O)C(C)(C)c1cc(-c2ccc(Br)cc2C(C#N)O[Si](C)(C)C)n(C)n1. The molecule has 0 aliphatic rings. The van der Waals surface area contributed by atoms with Gasteiger partial charge in [-0.15, -0.1) is 0 Å². The molecule has 1 unspecified atom stereocenters. The van der Waals surface area contributed by atoms with Crippen LogP contribution < -0.4 is 5.32 Å². The molecule has 0 saturated carbocycles. The van der Waals surface area contributed by atoms with Gasteiger partial charge in [-0.1, -0.05) is 22.0 Å². The number of hydrogen-bond donors (Lipinski definition) is 1. The average molecular weight is 463 g/mol. The number of amides is 1. The Labute approximate surface area is 176 Å². The number of nitrogens with zero attached hydrogens (tertiary/aromatic N) is 3. The smallest absolute Gasteiger partial charge is 0.231 e. The zero-order valence-electron chi connectivity index (χ0n) is 17.4. The second-order valence-corrected chi connectivity index (χ2v) is 13.6. The van der Waals surface area contributed by atoms with Gasteiger partial charge in [-0.25, -0.2) is 0 Å². The van der Waals surface area contributed by atoms with E-state index in [0.717, 1.165) is 21.3 Å². The van der Waals surface area contributed by atoms with Crippen molar-refractivity contribution in [3.63, 3.8) is 0 Å². The second kappa shape index (κ2) is 8.19. The van der Waals surface area contributed by atoms with Crippen molar-refractivity contribution in [2.75, 3.05) is 7.05 Å². The molecule has 6 nitrogen and oxygen atoms in total. The van der Waals surface area contributed by atoms with E-state index in [9.17, 15) is 10.1 Å². The van der Waals surface area contributed by atoms with E-state index in [-0.39, 0.29) is 5.91 Å². The molecule has 1 aromatic carbocycles. The topological polar surface area (TPSA) is 79.9 Å². The maximum atomic E-state index is 12.3. The maximum absolute atomic E-state index is 12.3. The van der Waals surface area contributed by atoms with Crippen LogP contribution in [0.15, 0.2) is 28.7 Å². The summed E-state index contributed by atoms with van der Waals surface area (Å²) in [5.74, 6) is -0.106. The van der Waals surface area contributed by atoms with Gasteiger partial charge in [0.05, 0.1) is 22.9 Å². The molecule has 0 aliphatic carbocycles. The van der Waals surface area contributed by atoms with Gasteiger partial charge in [0, 0.05) is 29.7 Å². The average Bonchev–Trinajstić information content (AvgIpc) is 3.00. The van der Waals surface area contributed by atoms with Crippen molar-refractivity contribution in [1.82, 2.24) is 15.1 Å². The summed E-state index contributed by atoms with van der Waals surface area (Å²) in [6.45, 7) is 9.86. The van der Waals surface area contributed by atoms with Crippen LogP contribution >= 0.6 is 15.9 Å². The zero-order chi connectivity index (χ0) is 21.3. The molecule has 1 aromatic heterocycles. The molecule has 0 fully saturated rings. The number of aromatic nitrogens is 2. The highest BCUT2D eigenvalue weighted by Gasteiger charge is 2.33. The highest BCUT2D eigenvalue weighted by atomic mass is 79.9. The van der Waals surface area contributed by atoms with Crippen molar-refractivity contribution in [1.29, 1.82) is 5.26 Å². The number of rotatable bonds is 6. The first-order chi connectivity index (χ1) is 12.9. The molecule has 8 heteroatoms. The van der Waals surface area contributed by atoms with Crippen LogP contribution in [-0.4, -0.2) is 31.1 Å². The monoisotopic (exact) mass is 462 g/mol. The number of carbonyl (C=O) groups is 1. The second-order valence-electron chi connectivity index (χ2n) is 8.21. The third-order valence-corrected chi connectivity index (χ3v) is 5.91. The molecule has 150 valence electrons. The van der Waals surface area contributed by atoms with E-state index in [1.54, 1.807) is 11.7 Å². The summed E-state index contributed by atoms with van der Waals surface area (Å²) >= 11 is 3.50. The molecule has 1 N–H and O–H groups in total. The van der Waals surface area contributed by atoms with Crippen molar-refractivity contribution in [3.8, 4) is 17.3 Å². The Morgan fingerprint density at radius 2 is 2.00 bits per heavy atom. The van der Waals surface area contributed by atoms with Gasteiger partial charge in [0.15, 0.2) is 14.4 Å². The highest BCUT2D eigenvalue weighted by molar-refractivity contribution is 9.10. The molecule has 0 saturated heterocycles. The first kappa shape index (κ1) is 22.3. The van der Waals surface area contributed by atoms with Crippen LogP contribution in [0.3, 0.4) is 0 Å². The highest BCUT2D eigenvalue weighted by Crippen LogP contribution is 2.35. The molecule has 0 radical (unpaired) electrons. The van der Waals surface area contributed by atoms with Crippen molar-refractivity contribution < 1.29 is 9.22 Å². The fourth-order valence-electron chi connectivity index (χ4n) is 2.95. The number of likely N-dealkylation sites (N-methyl/N-ethyl adjacent to an activating group) is 1. The lowest BCUT2D eigenvalue weighted by Crippen LogP contribution is -2.38. The molecule has 0 bridgehead atoms. The lowest BCUT2D eigenvalue weighted by Gasteiger charge is -2.23. The minimum Gasteiger partial charge on any atom is -0.399 e. The molecule has 2 rings (SSSR count). The lowest BCUT2D eigenvalue weighted by atomic mass is 9.87. The Bertz CT molecular complexity index is 925. The summed E-state index contributed by atoms with van der Waals surface area (Å²) in [7, 11) is 1.52. The Morgan fingerprint density at radius 3 is 2.54 bits per heavy atom. The summed E-state index contributed by atoms with van der Waals surface area (Å²) in [6, 6.07) is 10.00. The third-order valence-electron chi connectivity index (χ3n) is 4.48. The van der Waals surface area contributed by atoms with E-state index in [1.165, 1.54) is 0 Å². The molecular formula is C20H27BrN4O2Si. The van der Waals surface area contributed by atoms with Crippen molar-refractivity contribution in [2.24, 2.45) is 7.05 Å². The molecule has 1 heterocycles. The van der Waals surface area contributed by atoms with Crippen molar-refractivity contribution in [3.05, 3.63) is 40.0 Å². The standard InChI is InChI=1S/C20H27BrN4O2Si/c1-20(2,19(26)23-3)18-11-16(25(4)24-18)14-9-8-13(21)10-15(14)17(12-22)27-28(5,6)7/h8-11,17H,1-7H3,(H,23,26). The van der Waals surface area contributed by atoms with E-state index in [0.29, 0.717) is 5.69 Å². The van der Waals surface area contributed by atoms with E-state index < -0.39 is 19.8 Å². The van der Waals surface area contributed by atoms with E-state index in [4.69, 9.17) is 4.43 Å². The van der Waals surface area contributed by atoms with Crippen molar-refractivity contribution >= 4 is 30.2 Å². The molecule has 0 spiro atoms. The zero-order valence-corrected chi connectivity index (χ0v) is 20.0. The summed E-state index contributed by atoms with van der Waals surface area (Å²) in [5, 5.41) is 17.0. The summed E-state index contributed by atoms with van der Waals surface area (Å²) in [6.07, 6.45) is -0.676. The number of nitriles is 1. The van der Waals surface area contributed by atoms with Crippen LogP contribution in [0.5, 0.6) is 0 Å². The van der Waals surface area contributed by atoms with Gasteiger partial charge < -0.3 is 9.74 Å². The molecular weight excluding hydrogens is 436 g/mol. The maximum Gasteiger partial charge on any atom is 0.231 e.